The minimum Gasteiger partial charge on any atom is -0.376 e. The van der Waals surface area contributed by atoms with Crippen molar-refractivity contribution < 1.29 is 14.3 Å². The number of carbonyl (C=O) groups excluding carboxylic acids is 2. The molecule has 1 N–H and O–H groups in total. The molecule has 188 valence electrons. The summed E-state index contributed by atoms with van der Waals surface area (Å²) >= 11 is 0. The largest absolute Gasteiger partial charge is 0.376 e. The molecule has 0 radical (unpaired) electrons. The van der Waals surface area contributed by atoms with Crippen LogP contribution in [0.1, 0.15) is 53.5 Å². The lowest BCUT2D eigenvalue weighted by Crippen LogP contribution is -2.41. The van der Waals surface area contributed by atoms with Crippen molar-refractivity contribution in [1.82, 2.24) is 19.5 Å². The number of hydrogen-bond donors (Lipinski definition) is 1. The Labute approximate surface area is 209 Å². The average molecular weight is 490 g/mol. The first-order valence-corrected chi connectivity index (χ1v) is 12.3. The summed E-state index contributed by atoms with van der Waals surface area (Å²) in [7, 11) is 3.80. The van der Waals surface area contributed by atoms with Crippen molar-refractivity contribution >= 4 is 34.7 Å². The van der Waals surface area contributed by atoms with E-state index in [4.69, 9.17) is 9.72 Å². The van der Waals surface area contributed by atoms with Gasteiger partial charge in [-0.1, -0.05) is 0 Å². The second-order valence-electron chi connectivity index (χ2n) is 11.0. The van der Waals surface area contributed by atoms with Crippen LogP contribution in [0.2, 0.25) is 0 Å². The third kappa shape index (κ3) is 3.59. The van der Waals surface area contributed by atoms with Gasteiger partial charge in [-0.2, -0.15) is 5.10 Å². The SMILES string of the molecule is CN(C)c1cc2c(cc1NC(=O)c1cnn3ccc(N4C[C@H]5C[C@@H]4CO5)nc13)CN(C(C)(C)C)C2=O. The Balaban J connectivity index is 1.32. The molecule has 2 fully saturated rings. The molecule has 36 heavy (non-hydrogen) atoms. The number of morpholine rings is 1. The average Bonchev–Trinajstić information content (AvgIpc) is 3.60. The molecule has 0 aliphatic carbocycles. The van der Waals surface area contributed by atoms with Crippen molar-refractivity contribution in [2.75, 3.05) is 42.4 Å². The van der Waals surface area contributed by atoms with Gasteiger partial charge in [0.2, 0.25) is 0 Å². The molecule has 3 aliphatic rings. The smallest absolute Gasteiger partial charge is 0.261 e. The van der Waals surface area contributed by atoms with Gasteiger partial charge < -0.3 is 24.8 Å². The van der Waals surface area contributed by atoms with Crippen LogP contribution in [0.25, 0.3) is 5.65 Å². The molecule has 10 nitrogen and oxygen atoms in total. The summed E-state index contributed by atoms with van der Waals surface area (Å²) in [5, 5.41) is 7.41. The minimum atomic E-state index is -0.292. The zero-order chi connectivity index (χ0) is 25.4. The lowest BCUT2D eigenvalue weighted by atomic mass is 10.1. The van der Waals surface area contributed by atoms with Crippen LogP contribution in [0.3, 0.4) is 0 Å². The zero-order valence-electron chi connectivity index (χ0n) is 21.3. The Bertz CT molecular complexity index is 1390. The molecular formula is C26H31N7O3. The molecule has 3 aromatic rings. The number of anilines is 3. The molecular weight excluding hydrogens is 458 g/mol. The number of amides is 2. The summed E-state index contributed by atoms with van der Waals surface area (Å²) in [5.41, 5.74) is 3.62. The molecule has 0 unspecified atom stereocenters. The Morgan fingerprint density at radius 2 is 2.06 bits per heavy atom. The van der Waals surface area contributed by atoms with E-state index in [0.717, 1.165) is 30.0 Å². The molecule has 6 rings (SSSR count). The van der Waals surface area contributed by atoms with E-state index >= 15 is 0 Å². The molecule has 5 heterocycles. The normalized spacial score (nSPS) is 21.0. The number of ether oxygens (including phenoxy) is 1. The van der Waals surface area contributed by atoms with Crippen LogP contribution >= 0.6 is 0 Å². The van der Waals surface area contributed by atoms with E-state index in [2.05, 4.69) is 15.3 Å². The second kappa shape index (κ2) is 7.92. The van der Waals surface area contributed by atoms with E-state index in [0.29, 0.717) is 41.7 Å². The van der Waals surface area contributed by atoms with Gasteiger partial charge in [-0.05, 0) is 51.0 Å². The fourth-order valence-corrected chi connectivity index (χ4v) is 5.41. The van der Waals surface area contributed by atoms with E-state index in [9.17, 15) is 9.59 Å². The van der Waals surface area contributed by atoms with Gasteiger partial charge in [-0.25, -0.2) is 9.50 Å². The molecule has 1 aromatic carbocycles. The highest BCUT2D eigenvalue weighted by Gasteiger charge is 2.40. The van der Waals surface area contributed by atoms with Crippen LogP contribution in [0, 0.1) is 0 Å². The monoisotopic (exact) mass is 489 g/mol. The van der Waals surface area contributed by atoms with Crippen molar-refractivity contribution in [3.63, 3.8) is 0 Å². The van der Waals surface area contributed by atoms with Crippen LogP contribution in [-0.4, -0.2) is 76.2 Å². The standard InChI is InChI=1S/C26H31N7O3/c1-26(2,3)32-12-15-8-20(21(30(4)5)10-18(15)25(32)35)28-24(34)19-11-27-33-7-6-22(29-23(19)33)31-13-17-9-16(31)14-36-17/h6-8,10-11,16-17H,9,12-14H2,1-5H3,(H,28,34)/t16-,17-/m1/s1. The maximum atomic E-state index is 13.5. The Morgan fingerprint density at radius 1 is 1.25 bits per heavy atom. The third-order valence-corrected chi connectivity index (χ3v) is 7.36. The third-order valence-electron chi connectivity index (χ3n) is 7.36. The van der Waals surface area contributed by atoms with Crippen LogP contribution in [0.15, 0.2) is 30.6 Å². The Hall–Kier alpha value is -3.66. The topological polar surface area (TPSA) is 95.3 Å². The Kier molecular flexibility index (Phi) is 5.01. The van der Waals surface area contributed by atoms with Gasteiger partial charge in [-0.15, -0.1) is 0 Å². The Morgan fingerprint density at radius 3 is 2.72 bits per heavy atom. The second-order valence-corrected chi connectivity index (χ2v) is 11.0. The molecule has 2 bridgehead atoms. The van der Waals surface area contributed by atoms with Crippen molar-refractivity contribution in [3.05, 3.63) is 47.3 Å². The molecule has 2 atom stereocenters. The summed E-state index contributed by atoms with van der Waals surface area (Å²) in [6.45, 7) is 8.12. The quantitative estimate of drug-likeness (QED) is 0.602. The number of benzene rings is 1. The zero-order valence-corrected chi connectivity index (χ0v) is 21.3. The van der Waals surface area contributed by atoms with Crippen LogP contribution in [0.5, 0.6) is 0 Å². The maximum absolute atomic E-state index is 13.5. The fraction of sp³-hybridized carbons (Fsp3) is 0.462. The first-order valence-electron chi connectivity index (χ1n) is 12.3. The molecule has 2 amide bonds. The summed E-state index contributed by atoms with van der Waals surface area (Å²) in [5.74, 6) is 0.556. The van der Waals surface area contributed by atoms with E-state index in [-0.39, 0.29) is 23.5 Å². The molecule has 0 spiro atoms. The first kappa shape index (κ1) is 22.8. The van der Waals surface area contributed by atoms with Gasteiger partial charge >= 0.3 is 0 Å². The van der Waals surface area contributed by atoms with Gasteiger partial charge in [-0.3, -0.25) is 9.59 Å². The maximum Gasteiger partial charge on any atom is 0.261 e. The predicted molar refractivity (Wildman–Crippen MR) is 137 cm³/mol. The van der Waals surface area contributed by atoms with E-state index < -0.39 is 0 Å². The van der Waals surface area contributed by atoms with E-state index in [1.807, 2.05) is 69.1 Å². The number of aromatic nitrogens is 3. The number of rotatable bonds is 4. The van der Waals surface area contributed by atoms with Crippen molar-refractivity contribution in [1.29, 1.82) is 0 Å². The summed E-state index contributed by atoms with van der Waals surface area (Å²) < 4.78 is 7.34. The number of hydrogen-bond acceptors (Lipinski definition) is 7. The van der Waals surface area contributed by atoms with Crippen LogP contribution in [-0.2, 0) is 11.3 Å². The summed E-state index contributed by atoms with van der Waals surface area (Å²) in [6.07, 6.45) is 4.66. The first-order chi connectivity index (χ1) is 17.1. The van der Waals surface area contributed by atoms with Crippen LogP contribution in [0.4, 0.5) is 17.2 Å². The number of nitrogens with zero attached hydrogens (tertiary/aromatic N) is 6. The van der Waals surface area contributed by atoms with E-state index in [1.54, 1.807) is 10.7 Å². The highest BCUT2D eigenvalue weighted by atomic mass is 16.5. The minimum absolute atomic E-state index is 0.0128. The summed E-state index contributed by atoms with van der Waals surface area (Å²) in [4.78, 5) is 37.4. The van der Waals surface area contributed by atoms with Gasteiger partial charge in [0.25, 0.3) is 11.8 Å². The molecule has 0 saturated carbocycles. The molecule has 10 heteroatoms. The molecule has 2 saturated heterocycles. The van der Waals surface area contributed by atoms with Crippen molar-refractivity contribution in [2.24, 2.45) is 0 Å². The summed E-state index contributed by atoms with van der Waals surface area (Å²) in [6, 6.07) is 6.05. The lowest BCUT2D eigenvalue weighted by molar-refractivity contribution is 0.0609. The van der Waals surface area contributed by atoms with Gasteiger partial charge in [0, 0.05) is 44.5 Å². The lowest BCUT2D eigenvalue weighted by Gasteiger charge is -2.31. The van der Waals surface area contributed by atoms with Crippen molar-refractivity contribution in [2.45, 2.75) is 51.4 Å². The fourth-order valence-electron chi connectivity index (χ4n) is 5.41. The van der Waals surface area contributed by atoms with Crippen LogP contribution < -0.4 is 15.1 Å². The number of carbonyl (C=O) groups is 2. The van der Waals surface area contributed by atoms with Gasteiger partial charge in [0.05, 0.1) is 36.3 Å². The number of fused-ring (bicyclic) bond motifs is 4. The van der Waals surface area contributed by atoms with Gasteiger partial charge in [0.1, 0.15) is 11.4 Å². The van der Waals surface area contributed by atoms with Gasteiger partial charge in [0.15, 0.2) is 5.65 Å². The highest BCUT2D eigenvalue weighted by Crippen LogP contribution is 2.37. The molecule has 2 aromatic heterocycles. The highest BCUT2D eigenvalue weighted by molar-refractivity contribution is 6.10. The number of nitrogens with one attached hydrogen (secondary N) is 1. The van der Waals surface area contributed by atoms with E-state index in [1.165, 1.54) is 0 Å². The molecule has 3 aliphatic heterocycles. The van der Waals surface area contributed by atoms with Crippen molar-refractivity contribution in [3.8, 4) is 0 Å². The predicted octanol–water partition coefficient (Wildman–Crippen LogP) is 2.78.